The molecule has 0 aliphatic heterocycles. The summed E-state index contributed by atoms with van der Waals surface area (Å²) in [5.74, 6) is -0.185. The van der Waals surface area contributed by atoms with E-state index in [1.54, 1.807) is 44.2 Å². The highest BCUT2D eigenvalue weighted by atomic mass is 19.1. The summed E-state index contributed by atoms with van der Waals surface area (Å²) in [6.45, 7) is 0. The average Bonchev–Trinajstić information content (AvgIpc) is 3.04. The minimum absolute atomic E-state index is 0.204. The van der Waals surface area contributed by atoms with Gasteiger partial charge in [-0.3, -0.25) is 9.48 Å². The lowest BCUT2D eigenvalue weighted by Crippen LogP contribution is -2.20. The highest BCUT2D eigenvalue weighted by molar-refractivity contribution is 6.05. The number of amides is 1. The summed E-state index contributed by atoms with van der Waals surface area (Å²) in [7, 11) is 6.74. The highest BCUT2D eigenvalue weighted by Crippen LogP contribution is 2.24. The Kier molecular flexibility index (Phi) is 5.02. The van der Waals surface area contributed by atoms with Gasteiger partial charge in [0.25, 0.3) is 5.91 Å². The molecule has 140 valence electrons. The Bertz CT molecular complexity index is 968. The standard InChI is InChI=1S/C18H19FN6O2/c1-24(2)16-14(10-20-18(22-16)27-4)21-17(26)15-9-13(23-25(15)3)11-5-7-12(19)8-6-11/h5-10H,1-4H3,(H,21,26). The van der Waals surface area contributed by atoms with Crippen molar-refractivity contribution in [3.8, 4) is 17.3 Å². The van der Waals surface area contributed by atoms with E-state index >= 15 is 0 Å². The van der Waals surface area contributed by atoms with Gasteiger partial charge >= 0.3 is 6.01 Å². The van der Waals surface area contributed by atoms with Crippen LogP contribution in [0.1, 0.15) is 10.5 Å². The molecular weight excluding hydrogens is 351 g/mol. The molecule has 1 N–H and O–H groups in total. The van der Waals surface area contributed by atoms with Gasteiger partial charge in [0, 0.05) is 26.7 Å². The molecule has 1 aromatic carbocycles. The molecule has 0 fully saturated rings. The number of hydrogen-bond donors (Lipinski definition) is 1. The molecule has 0 aliphatic rings. The Labute approximate surface area is 155 Å². The maximum absolute atomic E-state index is 13.1. The largest absolute Gasteiger partial charge is 0.467 e. The molecule has 1 amide bonds. The summed E-state index contributed by atoms with van der Waals surface area (Å²) in [5.41, 5.74) is 2.07. The number of methoxy groups -OCH3 is 1. The van der Waals surface area contributed by atoms with Gasteiger partial charge in [-0.1, -0.05) is 0 Å². The Morgan fingerprint density at radius 1 is 1.26 bits per heavy atom. The van der Waals surface area contributed by atoms with Gasteiger partial charge in [0.05, 0.1) is 19.0 Å². The number of nitrogens with one attached hydrogen (secondary N) is 1. The number of carbonyl (C=O) groups is 1. The van der Waals surface area contributed by atoms with Crippen molar-refractivity contribution >= 4 is 17.4 Å². The molecule has 8 nitrogen and oxygen atoms in total. The monoisotopic (exact) mass is 370 g/mol. The van der Waals surface area contributed by atoms with E-state index in [0.29, 0.717) is 28.5 Å². The summed E-state index contributed by atoms with van der Waals surface area (Å²) in [6.07, 6.45) is 1.48. The van der Waals surface area contributed by atoms with E-state index in [0.717, 1.165) is 0 Å². The summed E-state index contributed by atoms with van der Waals surface area (Å²) >= 11 is 0. The van der Waals surface area contributed by atoms with Crippen LogP contribution in [0, 0.1) is 5.82 Å². The SMILES string of the molecule is COc1ncc(NC(=O)c2cc(-c3ccc(F)cc3)nn2C)c(N(C)C)n1. The molecule has 0 atom stereocenters. The second-order valence-electron chi connectivity index (χ2n) is 5.99. The number of aromatic nitrogens is 4. The van der Waals surface area contributed by atoms with E-state index in [-0.39, 0.29) is 17.7 Å². The second kappa shape index (κ2) is 7.40. The van der Waals surface area contributed by atoms with Crippen LogP contribution in [-0.2, 0) is 7.05 Å². The molecule has 0 spiro atoms. The van der Waals surface area contributed by atoms with Crippen LogP contribution in [0.2, 0.25) is 0 Å². The molecule has 2 heterocycles. The Hall–Kier alpha value is -3.49. The van der Waals surface area contributed by atoms with Crippen LogP contribution in [0.5, 0.6) is 6.01 Å². The molecule has 0 bridgehead atoms. The molecule has 0 radical (unpaired) electrons. The first kappa shape index (κ1) is 18.3. The molecule has 27 heavy (non-hydrogen) atoms. The number of ether oxygens (including phenoxy) is 1. The average molecular weight is 370 g/mol. The molecule has 3 aromatic rings. The molecule has 0 aliphatic carbocycles. The first-order valence-electron chi connectivity index (χ1n) is 8.08. The zero-order valence-corrected chi connectivity index (χ0v) is 15.4. The van der Waals surface area contributed by atoms with E-state index in [9.17, 15) is 9.18 Å². The summed E-state index contributed by atoms with van der Waals surface area (Å²) in [6, 6.07) is 7.77. The van der Waals surface area contributed by atoms with Crippen molar-refractivity contribution < 1.29 is 13.9 Å². The lowest BCUT2D eigenvalue weighted by Gasteiger charge is -2.16. The second-order valence-corrected chi connectivity index (χ2v) is 5.99. The van der Waals surface area contributed by atoms with Gasteiger partial charge < -0.3 is 15.0 Å². The van der Waals surface area contributed by atoms with Crippen LogP contribution < -0.4 is 15.0 Å². The van der Waals surface area contributed by atoms with E-state index in [4.69, 9.17) is 4.74 Å². The van der Waals surface area contributed by atoms with E-state index in [1.807, 2.05) is 0 Å². The normalized spacial score (nSPS) is 10.6. The van der Waals surface area contributed by atoms with E-state index < -0.39 is 0 Å². The summed E-state index contributed by atoms with van der Waals surface area (Å²) < 4.78 is 19.6. The third-order valence-electron chi connectivity index (χ3n) is 3.85. The van der Waals surface area contributed by atoms with Crippen molar-refractivity contribution in [2.75, 3.05) is 31.4 Å². The van der Waals surface area contributed by atoms with Gasteiger partial charge in [0.1, 0.15) is 17.2 Å². The number of anilines is 2. The Morgan fingerprint density at radius 3 is 2.59 bits per heavy atom. The lowest BCUT2D eigenvalue weighted by atomic mass is 10.1. The predicted molar refractivity (Wildman–Crippen MR) is 99.5 cm³/mol. The van der Waals surface area contributed by atoms with Crippen LogP contribution in [0.25, 0.3) is 11.3 Å². The van der Waals surface area contributed by atoms with Crippen LogP contribution in [0.3, 0.4) is 0 Å². The molecule has 0 unspecified atom stereocenters. The molecule has 2 aromatic heterocycles. The van der Waals surface area contributed by atoms with Crippen molar-refractivity contribution in [1.29, 1.82) is 0 Å². The number of hydrogen-bond acceptors (Lipinski definition) is 6. The fraction of sp³-hybridized carbons (Fsp3) is 0.222. The van der Waals surface area contributed by atoms with E-state index in [2.05, 4.69) is 20.4 Å². The number of carbonyl (C=O) groups excluding carboxylic acids is 1. The van der Waals surface area contributed by atoms with Gasteiger partial charge in [-0.25, -0.2) is 9.37 Å². The number of rotatable bonds is 5. The third kappa shape index (κ3) is 3.86. The minimum Gasteiger partial charge on any atom is -0.467 e. The molecular formula is C18H19FN6O2. The maximum atomic E-state index is 13.1. The van der Waals surface area contributed by atoms with Gasteiger partial charge in [0.2, 0.25) is 0 Å². The van der Waals surface area contributed by atoms with Gasteiger partial charge in [-0.15, -0.1) is 0 Å². The molecule has 0 saturated heterocycles. The fourth-order valence-electron chi connectivity index (χ4n) is 2.51. The van der Waals surface area contributed by atoms with Gasteiger partial charge in [-0.05, 0) is 30.3 Å². The topological polar surface area (TPSA) is 85.2 Å². The Balaban J connectivity index is 1.88. The molecule has 9 heteroatoms. The lowest BCUT2D eigenvalue weighted by molar-refractivity contribution is 0.101. The van der Waals surface area contributed by atoms with Crippen LogP contribution in [0.15, 0.2) is 36.5 Å². The quantitative estimate of drug-likeness (QED) is 0.742. The number of aryl methyl sites for hydroxylation is 1. The third-order valence-corrected chi connectivity index (χ3v) is 3.85. The Morgan fingerprint density at radius 2 is 1.96 bits per heavy atom. The molecule has 0 saturated carbocycles. The first-order valence-corrected chi connectivity index (χ1v) is 8.08. The summed E-state index contributed by atoms with van der Waals surface area (Å²) in [4.78, 5) is 22.7. The number of halogens is 1. The van der Waals surface area contributed by atoms with Crippen molar-refractivity contribution in [3.05, 3.63) is 48.0 Å². The summed E-state index contributed by atoms with van der Waals surface area (Å²) in [5, 5.41) is 7.12. The van der Waals surface area contributed by atoms with Crippen LogP contribution in [-0.4, -0.2) is 46.9 Å². The maximum Gasteiger partial charge on any atom is 0.318 e. The van der Waals surface area contributed by atoms with Gasteiger partial charge in [-0.2, -0.15) is 10.1 Å². The minimum atomic E-state index is -0.366. The predicted octanol–water partition coefficient (Wildman–Crippen LogP) is 2.34. The highest BCUT2D eigenvalue weighted by Gasteiger charge is 2.18. The van der Waals surface area contributed by atoms with Crippen molar-refractivity contribution in [3.63, 3.8) is 0 Å². The zero-order chi connectivity index (χ0) is 19.6. The fourth-order valence-corrected chi connectivity index (χ4v) is 2.51. The van der Waals surface area contributed by atoms with E-state index in [1.165, 1.54) is 30.1 Å². The van der Waals surface area contributed by atoms with Crippen LogP contribution in [0.4, 0.5) is 15.9 Å². The number of benzene rings is 1. The van der Waals surface area contributed by atoms with Crippen LogP contribution >= 0.6 is 0 Å². The first-order chi connectivity index (χ1) is 12.9. The van der Waals surface area contributed by atoms with Crippen molar-refractivity contribution in [2.24, 2.45) is 7.05 Å². The smallest absolute Gasteiger partial charge is 0.318 e. The van der Waals surface area contributed by atoms with Gasteiger partial charge in [0.15, 0.2) is 5.82 Å². The van der Waals surface area contributed by atoms with Crippen molar-refractivity contribution in [1.82, 2.24) is 19.7 Å². The zero-order valence-electron chi connectivity index (χ0n) is 15.4. The molecule has 3 rings (SSSR count). The number of nitrogens with zero attached hydrogens (tertiary/aromatic N) is 5. The van der Waals surface area contributed by atoms with Crippen molar-refractivity contribution in [2.45, 2.75) is 0 Å².